The molecule has 0 spiro atoms. The molecule has 2 aliphatic carbocycles. The third-order valence-electron chi connectivity index (χ3n) is 6.02. The molecule has 6 heteroatoms. The van der Waals surface area contributed by atoms with Gasteiger partial charge in [0, 0.05) is 44.0 Å². The fourth-order valence-corrected chi connectivity index (χ4v) is 4.90. The number of nitrogens with zero attached hydrogens (tertiary/aromatic N) is 3. The number of piperazine rings is 1. The molecule has 1 saturated heterocycles. The second-order valence-corrected chi connectivity index (χ2v) is 7.27. The minimum absolute atomic E-state index is 0.160. The van der Waals surface area contributed by atoms with Crippen LogP contribution in [-0.4, -0.2) is 42.0 Å². The number of nitro groups is 1. The Balaban J connectivity index is 1.46. The van der Waals surface area contributed by atoms with Gasteiger partial charge in [-0.1, -0.05) is 6.42 Å². The zero-order chi connectivity index (χ0) is 16.0. The molecule has 2 N–H and O–H groups in total. The summed E-state index contributed by atoms with van der Waals surface area (Å²) in [6.45, 7) is 3.69. The van der Waals surface area contributed by atoms with E-state index in [2.05, 4.69) is 9.80 Å². The van der Waals surface area contributed by atoms with E-state index in [9.17, 15) is 10.1 Å². The highest BCUT2D eigenvalue weighted by atomic mass is 16.6. The molecule has 0 aromatic heterocycles. The molecule has 1 aromatic carbocycles. The maximum absolute atomic E-state index is 11.3. The first-order valence-corrected chi connectivity index (χ1v) is 8.65. The number of nitrogens with two attached hydrogens (primary N) is 1. The van der Waals surface area contributed by atoms with E-state index in [0.29, 0.717) is 11.4 Å². The smallest absolute Gasteiger partial charge is 0.292 e. The highest BCUT2D eigenvalue weighted by molar-refractivity contribution is 5.68. The van der Waals surface area contributed by atoms with Gasteiger partial charge < -0.3 is 10.6 Å². The minimum Gasteiger partial charge on any atom is -0.399 e. The van der Waals surface area contributed by atoms with Crippen LogP contribution in [0.5, 0.6) is 0 Å². The van der Waals surface area contributed by atoms with Gasteiger partial charge in [-0.3, -0.25) is 15.0 Å². The Bertz CT molecular complexity index is 613. The predicted octanol–water partition coefficient (Wildman–Crippen LogP) is 2.49. The maximum atomic E-state index is 11.3. The van der Waals surface area contributed by atoms with Crippen molar-refractivity contribution >= 4 is 17.1 Å². The van der Waals surface area contributed by atoms with Crippen LogP contribution in [0, 0.1) is 22.0 Å². The number of rotatable bonds is 3. The Morgan fingerprint density at radius 3 is 2.52 bits per heavy atom. The van der Waals surface area contributed by atoms with E-state index < -0.39 is 0 Å². The van der Waals surface area contributed by atoms with Gasteiger partial charge >= 0.3 is 0 Å². The molecule has 3 aliphatic rings. The van der Waals surface area contributed by atoms with E-state index in [1.807, 2.05) is 0 Å². The monoisotopic (exact) mass is 316 g/mol. The van der Waals surface area contributed by atoms with E-state index >= 15 is 0 Å². The van der Waals surface area contributed by atoms with Gasteiger partial charge in [0.15, 0.2) is 0 Å². The lowest BCUT2D eigenvalue weighted by atomic mass is 9.93. The van der Waals surface area contributed by atoms with Gasteiger partial charge in [-0.15, -0.1) is 0 Å². The molecule has 1 aliphatic heterocycles. The summed E-state index contributed by atoms with van der Waals surface area (Å²) in [4.78, 5) is 15.7. The van der Waals surface area contributed by atoms with Gasteiger partial charge in [-0.05, 0) is 43.2 Å². The molecular weight excluding hydrogens is 292 g/mol. The average Bonchev–Trinajstić information content (AvgIpc) is 3.18. The second kappa shape index (κ2) is 5.67. The van der Waals surface area contributed by atoms with Crippen molar-refractivity contribution in [3.05, 3.63) is 28.3 Å². The van der Waals surface area contributed by atoms with Crippen LogP contribution >= 0.6 is 0 Å². The Labute approximate surface area is 136 Å². The van der Waals surface area contributed by atoms with Gasteiger partial charge in [-0.25, -0.2) is 0 Å². The minimum atomic E-state index is -0.308. The summed E-state index contributed by atoms with van der Waals surface area (Å²) in [6.07, 6.45) is 5.61. The van der Waals surface area contributed by atoms with Crippen LogP contribution in [-0.2, 0) is 0 Å². The molecule has 4 rings (SSSR count). The molecule has 3 fully saturated rings. The summed E-state index contributed by atoms with van der Waals surface area (Å²) in [7, 11) is 0. The first-order valence-electron chi connectivity index (χ1n) is 8.65. The molecule has 1 aromatic rings. The van der Waals surface area contributed by atoms with Gasteiger partial charge in [0.1, 0.15) is 5.69 Å². The maximum Gasteiger partial charge on any atom is 0.292 e. The lowest BCUT2D eigenvalue weighted by molar-refractivity contribution is -0.384. The molecule has 1 heterocycles. The standard InChI is InChI=1S/C17H24N4O2/c18-14-3-4-15(21(22)23)17(11-14)20-7-5-19(6-8-20)16-10-12-1-2-13(16)9-12/h3-4,11-13,16H,1-2,5-10,18H2/t12-,13-,16-/m0/s1. The third kappa shape index (κ3) is 2.65. The summed E-state index contributed by atoms with van der Waals surface area (Å²) >= 11 is 0. The highest BCUT2D eigenvalue weighted by Gasteiger charge is 2.42. The van der Waals surface area contributed by atoms with Crippen LogP contribution < -0.4 is 10.6 Å². The number of nitro benzene ring substituents is 1. The fourth-order valence-electron chi connectivity index (χ4n) is 4.90. The SMILES string of the molecule is Nc1ccc([N+](=O)[O-])c(N2CCN([C@H]3C[C@H]4CC[C@H]3C4)CC2)c1. The fraction of sp³-hybridized carbons (Fsp3) is 0.647. The number of benzene rings is 1. The van der Waals surface area contributed by atoms with Crippen molar-refractivity contribution in [2.24, 2.45) is 11.8 Å². The highest BCUT2D eigenvalue weighted by Crippen LogP contribution is 2.46. The van der Waals surface area contributed by atoms with Crippen LogP contribution in [0.3, 0.4) is 0 Å². The summed E-state index contributed by atoms with van der Waals surface area (Å²) in [6, 6.07) is 5.62. The second-order valence-electron chi connectivity index (χ2n) is 7.27. The molecule has 0 unspecified atom stereocenters. The van der Waals surface area contributed by atoms with Crippen LogP contribution in [0.15, 0.2) is 18.2 Å². The van der Waals surface area contributed by atoms with E-state index in [1.165, 1.54) is 31.7 Å². The van der Waals surface area contributed by atoms with Crippen LogP contribution in [0.25, 0.3) is 0 Å². The van der Waals surface area contributed by atoms with Gasteiger partial charge in [0.05, 0.1) is 4.92 Å². The summed E-state index contributed by atoms with van der Waals surface area (Å²) in [5.74, 6) is 1.85. The number of hydrogen-bond donors (Lipinski definition) is 1. The normalized spacial score (nSPS) is 30.8. The molecular formula is C17H24N4O2. The molecule has 0 amide bonds. The zero-order valence-electron chi connectivity index (χ0n) is 13.4. The molecule has 2 bridgehead atoms. The summed E-state index contributed by atoms with van der Waals surface area (Å²) in [5, 5.41) is 11.3. The first kappa shape index (κ1) is 14.8. The molecule has 23 heavy (non-hydrogen) atoms. The number of anilines is 2. The quantitative estimate of drug-likeness (QED) is 0.527. The Hall–Kier alpha value is -1.82. The summed E-state index contributed by atoms with van der Waals surface area (Å²) in [5.41, 5.74) is 7.26. The van der Waals surface area contributed by atoms with Crippen LogP contribution in [0.4, 0.5) is 17.1 Å². The van der Waals surface area contributed by atoms with Gasteiger partial charge in [-0.2, -0.15) is 0 Å². The lowest BCUT2D eigenvalue weighted by Gasteiger charge is -2.41. The van der Waals surface area contributed by atoms with E-state index in [-0.39, 0.29) is 10.6 Å². The Morgan fingerprint density at radius 2 is 1.91 bits per heavy atom. The van der Waals surface area contributed by atoms with Crippen molar-refractivity contribution in [2.45, 2.75) is 31.7 Å². The van der Waals surface area contributed by atoms with E-state index in [0.717, 1.165) is 44.1 Å². The van der Waals surface area contributed by atoms with Crippen molar-refractivity contribution in [1.29, 1.82) is 0 Å². The number of nitrogen functional groups attached to an aromatic ring is 1. The van der Waals surface area contributed by atoms with E-state index in [4.69, 9.17) is 5.73 Å². The Morgan fingerprint density at radius 1 is 1.13 bits per heavy atom. The topological polar surface area (TPSA) is 75.6 Å². The largest absolute Gasteiger partial charge is 0.399 e. The molecule has 6 nitrogen and oxygen atoms in total. The van der Waals surface area contributed by atoms with Crippen LogP contribution in [0.2, 0.25) is 0 Å². The molecule has 3 atom stereocenters. The van der Waals surface area contributed by atoms with Gasteiger partial charge in [0.2, 0.25) is 0 Å². The average molecular weight is 316 g/mol. The molecule has 124 valence electrons. The lowest BCUT2D eigenvalue weighted by Crippen LogP contribution is -2.51. The first-order chi connectivity index (χ1) is 11.1. The van der Waals surface area contributed by atoms with Crippen molar-refractivity contribution in [1.82, 2.24) is 4.90 Å². The molecule has 0 radical (unpaired) electrons. The van der Waals surface area contributed by atoms with E-state index in [1.54, 1.807) is 12.1 Å². The third-order valence-corrected chi connectivity index (χ3v) is 6.02. The van der Waals surface area contributed by atoms with Crippen molar-refractivity contribution in [2.75, 3.05) is 36.8 Å². The van der Waals surface area contributed by atoms with Crippen molar-refractivity contribution < 1.29 is 4.92 Å². The molecule has 2 saturated carbocycles. The number of hydrogen-bond acceptors (Lipinski definition) is 5. The Kier molecular flexibility index (Phi) is 3.64. The zero-order valence-corrected chi connectivity index (χ0v) is 13.4. The van der Waals surface area contributed by atoms with Crippen LogP contribution in [0.1, 0.15) is 25.7 Å². The van der Waals surface area contributed by atoms with Crippen molar-refractivity contribution in [3.63, 3.8) is 0 Å². The van der Waals surface area contributed by atoms with Crippen molar-refractivity contribution in [3.8, 4) is 0 Å². The predicted molar refractivity (Wildman–Crippen MR) is 90.5 cm³/mol. The number of fused-ring (bicyclic) bond motifs is 2. The van der Waals surface area contributed by atoms with Gasteiger partial charge in [0.25, 0.3) is 5.69 Å². The summed E-state index contributed by atoms with van der Waals surface area (Å²) < 4.78 is 0.